The number of nitrogens with one attached hydrogen (secondary N) is 3. The fourth-order valence-electron chi connectivity index (χ4n) is 12.1. The largest absolute Gasteiger partial charge is 0.748 e. The molecule has 7 aromatic rings. The van der Waals surface area contributed by atoms with Crippen LogP contribution < -0.4 is 26.0 Å². The van der Waals surface area contributed by atoms with Crippen molar-refractivity contribution in [3.63, 3.8) is 0 Å². The van der Waals surface area contributed by atoms with Gasteiger partial charge in [-0.15, -0.1) is 10.2 Å². The SMILES string of the molecule is CC1(C)C(/C=C/C(=C/C=C2/N(CCCS(=O)(=O)O)c3ccc4c(S(=O)(=O)O)cc(S(=O)(=O)O)cc4c3C2(C)C)c2ccc(C(=O)NCCCCCC(=O)NCc3ccc(C(=O)Nc4nnc(S(N)(=O)=O)s4)cc3)cn2)=[N+](CCCS(=O)(=O)[O-])c2ccc3c(S(=O)(=O)O)cc(S(=O)(=O)O)cc3c21. The number of hydrogen-bond acceptors (Lipinski definition) is 23. The van der Waals surface area contributed by atoms with Crippen molar-refractivity contribution in [2.75, 3.05) is 41.4 Å². The van der Waals surface area contributed by atoms with Crippen LogP contribution >= 0.6 is 11.3 Å². The number of anilines is 2. The van der Waals surface area contributed by atoms with Crippen molar-refractivity contribution >= 4 is 149 Å². The van der Waals surface area contributed by atoms with Crippen molar-refractivity contribution < 1.29 is 105 Å². The van der Waals surface area contributed by atoms with E-state index in [9.17, 15) is 101 Å². The predicted octanol–water partition coefficient (Wildman–Crippen LogP) is 5.64. The number of nitrogens with zero attached hydrogens (tertiary/aromatic N) is 5. The molecule has 5 aromatic carbocycles. The number of hydrogen-bond donors (Lipinski definition) is 9. The second-order valence-corrected chi connectivity index (χ2v) is 35.8. The van der Waals surface area contributed by atoms with Gasteiger partial charge >= 0.3 is 0 Å². The Labute approximate surface area is 584 Å². The number of fused-ring (bicyclic) bond motifs is 6. The van der Waals surface area contributed by atoms with Gasteiger partial charge in [-0.05, 0) is 128 Å². The maximum atomic E-state index is 13.7. The molecule has 9 rings (SSSR count). The Morgan fingerprint density at radius 1 is 0.644 bits per heavy atom. The minimum atomic E-state index is -5.19. The Kier molecular flexibility index (Phi) is 22.0. The van der Waals surface area contributed by atoms with E-state index in [-0.39, 0.29) is 123 Å². The number of sulfonamides is 1. The van der Waals surface area contributed by atoms with Crippen LogP contribution in [0.1, 0.15) is 109 Å². The molecule has 0 unspecified atom stereocenters. The number of unbranched alkanes of at least 4 members (excludes halogenated alkanes) is 2. The Morgan fingerprint density at radius 2 is 1.25 bits per heavy atom. The topological polar surface area (TPSA) is 521 Å². The highest BCUT2D eigenvalue weighted by Crippen LogP contribution is 2.52. The molecule has 0 bridgehead atoms. The fraction of sp³-hybridized carbons (Fsp3) is 0.295. The Balaban J connectivity index is 1.03. The number of allylic oxidation sites excluding steroid dienone is 6. The first-order chi connectivity index (χ1) is 46.7. The minimum Gasteiger partial charge on any atom is -0.748 e. The molecule has 0 atom stereocenters. The molecule has 0 aliphatic carbocycles. The molecule has 540 valence electrons. The standard InChI is InChI=1S/C61H65N9O23S8/c1-60(2)51(69(26-8-28-95(74,75)76)47-21-18-42-44(54(47)60)30-40(98(82,83)84)32-49(42)100(88,89)90)23-16-37(17-24-52-61(3,4)55-45-31-41(99(85,86)87)33-50(101(91,92)93)43(45)19-22-48(55)70(52)27-9-29-96(77,78)79)46-20-15-39(35-64-46)56(72)63-25-7-5-6-10-53(71)65-34-36-11-13-38(14-12-36)57(73)66-58-67-68-59(94-58)97(62,80)81/h11-24,30-33,35H,5-10,25-29,34H2,1-4H3,(H10-,62,63,65,66,67,71,72,73,74,75,76,77,78,79,80,81,82,83,84,85,86,87,88,89,90,91,92,93). The monoisotopic (exact) mass is 1550 g/mol. The molecular weight excluding hydrogens is 1480 g/mol. The number of aromatic nitrogens is 3. The van der Waals surface area contributed by atoms with Crippen LogP contribution in [0.15, 0.2) is 145 Å². The van der Waals surface area contributed by atoms with Crippen LogP contribution in [0.2, 0.25) is 0 Å². The summed E-state index contributed by atoms with van der Waals surface area (Å²) >= 11 is 0.580. The van der Waals surface area contributed by atoms with Crippen LogP contribution in [0.4, 0.5) is 16.5 Å². The molecule has 0 saturated heterocycles. The van der Waals surface area contributed by atoms with E-state index in [1.54, 1.807) is 61.5 Å². The zero-order valence-electron chi connectivity index (χ0n) is 53.6. The van der Waals surface area contributed by atoms with Crippen molar-refractivity contribution in [3.8, 4) is 0 Å². The van der Waals surface area contributed by atoms with E-state index in [1.807, 2.05) is 0 Å². The van der Waals surface area contributed by atoms with Gasteiger partial charge in [-0.1, -0.05) is 55.9 Å². The maximum Gasteiger partial charge on any atom is 0.295 e. The van der Waals surface area contributed by atoms with E-state index < -0.39 is 129 Å². The Morgan fingerprint density at radius 3 is 1.80 bits per heavy atom. The normalized spacial score (nSPS) is 15.6. The van der Waals surface area contributed by atoms with E-state index in [2.05, 4.69) is 31.1 Å². The van der Waals surface area contributed by atoms with E-state index in [0.29, 0.717) is 59.7 Å². The molecule has 0 radical (unpaired) electrons. The molecule has 10 N–H and O–H groups in total. The fourth-order valence-corrected chi connectivity index (χ4v) is 17.0. The zero-order valence-corrected chi connectivity index (χ0v) is 60.2. The van der Waals surface area contributed by atoms with Crippen molar-refractivity contribution in [3.05, 3.63) is 155 Å². The third-order valence-electron chi connectivity index (χ3n) is 16.6. The van der Waals surface area contributed by atoms with Crippen LogP contribution in [0.3, 0.4) is 0 Å². The molecule has 2 aliphatic heterocycles. The highest BCUT2D eigenvalue weighted by molar-refractivity contribution is 7.91. The van der Waals surface area contributed by atoms with Crippen LogP contribution in [0.5, 0.6) is 0 Å². The number of carbonyl (C=O) groups excluding carboxylic acids is 3. The Hall–Kier alpha value is -8.20. The average molecular weight is 1550 g/mol. The first-order valence-corrected chi connectivity index (χ1v) is 41.4. The van der Waals surface area contributed by atoms with E-state index in [1.165, 1.54) is 66.9 Å². The van der Waals surface area contributed by atoms with Gasteiger partial charge in [0.1, 0.15) is 16.3 Å². The summed E-state index contributed by atoms with van der Waals surface area (Å²) < 4.78 is 238. The number of carbonyl (C=O) groups is 3. The molecule has 0 spiro atoms. The number of nitrogens with two attached hydrogens (primary N) is 1. The predicted molar refractivity (Wildman–Crippen MR) is 368 cm³/mol. The van der Waals surface area contributed by atoms with Gasteiger partial charge in [-0.2, -0.15) is 46.7 Å². The highest BCUT2D eigenvalue weighted by Gasteiger charge is 2.47. The van der Waals surface area contributed by atoms with E-state index in [0.717, 1.165) is 12.1 Å². The van der Waals surface area contributed by atoms with Gasteiger partial charge in [0, 0.05) is 101 Å². The van der Waals surface area contributed by atoms with Crippen LogP contribution in [0.25, 0.3) is 27.1 Å². The summed E-state index contributed by atoms with van der Waals surface area (Å²) in [5.74, 6) is -3.00. The molecule has 101 heavy (non-hydrogen) atoms. The van der Waals surface area contributed by atoms with E-state index in [4.69, 9.17) is 5.14 Å². The van der Waals surface area contributed by atoms with Gasteiger partial charge in [-0.25, -0.2) is 22.0 Å². The van der Waals surface area contributed by atoms with Crippen LogP contribution in [-0.2, 0) is 92.9 Å². The lowest BCUT2D eigenvalue weighted by Gasteiger charge is -2.27. The molecular formula is C61H65N9O23S8. The lowest BCUT2D eigenvalue weighted by Crippen LogP contribution is -2.28. The molecule has 2 aliphatic rings. The third-order valence-corrected chi connectivity index (χ3v) is 23.8. The van der Waals surface area contributed by atoms with E-state index >= 15 is 0 Å². The molecule has 0 saturated carbocycles. The minimum absolute atomic E-state index is 0.0747. The Bertz CT molecular complexity index is 5550. The first kappa shape index (κ1) is 77.0. The van der Waals surface area contributed by atoms with Crippen LogP contribution in [0, 0.1) is 0 Å². The smallest absolute Gasteiger partial charge is 0.295 e. The summed E-state index contributed by atoms with van der Waals surface area (Å²) in [5, 5.41) is 19.5. The molecule has 40 heteroatoms. The summed E-state index contributed by atoms with van der Waals surface area (Å²) in [5.41, 5.74) is 0.182. The molecule has 4 heterocycles. The van der Waals surface area contributed by atoms with Gasteiger partial charge in [-0.3, -0.25) is 47.4 Å². The summed E-state index contributed by atoms with van der Waals surface area (Å²) in [6, 6.07) is 17.7. The quantitative estimate of drug-likeness (QED) is 0.00941. The molecule has 3 amide bonds. The number of amides is 3. The van der Waals surface area contributed by atoms with Gasteiger partial charge in [0.2, 0.25) is 21.1 Å². The van der Waals surface area contributed by atoms with Gasteiger partial charge in [0.25, 0.3) is 72.4 Å². The molecule has 2 aromatic heterocycles. The lowest BCUT2D eigenvalue weighted by atomic mass is 9.79. The molecule has 0 fully saturated rings. The number of rotatable bonds is 28. The van der Waals surface area contributed by atoms with Gasteiger partial charge in [0.05, 0.1) is 42.3 Å². The average Bonchev–Trinajstić information content (AvgIpc) is 1.64. The van der Waals surface area contributed by atoms with Crippen molar-refractivity contribution in [2.24, 2.45) is 5.14 Å². The van der Waals surface area contributed by atoms with Crippen molar-refractivity contribution in [2.45, 2.75) is 108 Å². The second kappa shape index (κ2) is 28.9. The number of primary sulfonamides is 1. The third kappa shape index (κ3) is 18.0. The van der Waals surface area contributed by atoms with Crippen molar-refractivity contribution in [1.29, 1.82) is 0 Å². The van der Waals surface area contributed by atoms with Gasteiger partial charge in [0.15, 0.2) is 5.71 Å². The van der Waals surface area contributed by atoms with Crippen molar-refractivity contribution in [1.82, 2.24) is 25.8 Å². The van der Waals surface area contributed by atoms with Crippen LogP contribution in [-0.4, -0.2) is 161 Å². The zero-order chi connectivity index (χ0) is 74.4. The summed E-state index contributed by atoms with van der Waals surface area (Å²) in [6.07, 6.45) is 8.48. The number of benzene rings is 5. The summed E-state index contributed by atoms with van der Waals surface area (Å²) in [6.45, 7) is 6.53. The first-order valence-electron chi connectivity index (χ1n) is 30.1. The molecule has 32 nitrogen and oxygen atoms in total. The summed E-state index contributed by atoms with van der Waals surface area (Å²) in [4.78, 5) is 41.8. The lowest BCUT2D eigenvalue weighted by molar-refractivity contribution is -0.437. The maximum absolute atomic E-state index is 13.7. The van der Waals surface area contributed by atoms with Gasteiger partial charge < -0.3 is 20.1 Å². The second-order valence-electron chi connectivity index (χ2n) is 24.4. The number of pyridine rings is 1. The summed E-state index contributed by atoms with van der Waals surface area (Å²) in [7, 11) is -34.2. The highest BCUT2D eigenvalue weighted by atomic mass is 32.3.